The van der Waals surface area contributed by atoms with Crippen LogP contribution < -0.4 is 14.8 Å². The molecule has 0 spiro atoms. The van der Waals surface area contributed by atoms with Gasteiger partial charge in [0.1, 0.15) is 5.75 Å². The number of carbonyl (C=O) groups is 1. The van der Waals surface area contributed by atoms with E-state index in [0.29, 0.717) is 12.3 Å². The molecule has 3 aromatic rings. The van der Waals surface area contributed by atoms with Crippen molar-refractivity contribution in [2.45, 2.75) is 50.7 Å². The lowest BCUT2D eigenvalue weighted by Crippen LogP contribution is -2.30. The minimum atomic E-state index is -3.69. The molecule has 1 aliphatic carbocycles. The Hall–Kier alpha value is -2.69. The summed E-state index contributed by atoms with van der Waals surface area (Å²) in [6.45, 7) is 1.17. The molecular formula is C29H37Cl2N3O5S. The van der Waals surface area contributed by atoms with Gasteiger partial charge in [-0.1, -0.05) is 42.8 Å². The van der Waals surface area contributed by atoms with Crippen LogP contribution in [0.4, 0.5) is 0 Å². The summed E-state index contributed by atoms with van der Waals surface area (Å²) in [5.74, 6) is -0.294. The predicted octanol–water partition coefficient (Wildman–Crippen LogP) is 4.86. The largest absolute Gasteiger partial charge is 0.490 e. The van der Waals surface area contributed by atoms with Crippen LogP contribution in [-0.2, 0) is 16.4 Å². The van der Waals surface area contributed by atoms with E-state index in [1.54, 1.807) is 24.5 Å². The molecule has 218 valence electrons. The van der Waals surface area contributed by atoms with E-state index >= 15 is 0 Å². The second kappa shape index (κ2) is 15.9. The molecule has 1 atom stereocenters. The number of pyridine rings is 1. The molecule has 8 nitrogen and oxygen atoms in total. The summed E-state index contributed by atoms with van der Waals surface area (Å²) in [5, 5.41) is 13.5. The van der Waals surface area contributed by atoms with Crippen molar-refractivity contribution in [2.75, 3.05) is 19.3 Å². The number of aliphatic hydroxyl groups is 1. The Morgan fingerprint density at radius 3 is 2.40 bits per heavy atom. The minimum Gasteiger partial charge on any atom is -0.490 e. The zero-order valence-electron chi connectivity index (χ0n) is 22.4. The average molecular weight is 611 g/mol. The minimum absolute atomic E-state index is 0. The molecule has 4 rings (SSSR count). The van der Waals surface area contributed by atoms with Gasteiger partial charge in [0.15, 0.2) is 0 Å². The summed E-state index contributed by atoms with van der Waals surface area (Å²) in [7, 11) is -3.69. The van der Waals surface area contributed by atoms with Gasteiger partial charge in [-0.15, -0.1) is 24.8 Å². The maximum Gasteiger partial charge on any atom is 0.268 e. The first-order valence-corrected chi connectivity index (χ1v) is 14.9. The SMILES string of the molecule is CS(=O)(=O)NC(=O)c1ccc(-c2ccc(CCNC[C@H](O)c3cccnc3)cc2)cc1OC1CCCCC1.Cl.Cl. The second-order valence-corrected chi connectivity index (χ2v) is 11.5. The van der Waals surface area contributed by atoms with Crippen LogP contribution in [0.2, 0.25) is 0 Å². The summed E-state index contributed by atoms with van der Waals surface area (Å²) >= 11 is 0. The number of aliphatic hydroxyl groups excluding tert-OH is 1. The van der Waals surface area contributed by atoms with E-state index in [9.17, 15) is 18.3 Å². The van der Waals surface area contributed by atoms with Crippen LogP contribution in [0.15, 0.2) is 67.0 Å². The van der Waals surface area contributed by atoms with E-state index in [2.05, 4.69) is 22.4 Å². The number of amides is 1. The summed E-state index contributed by atoms with van der Waals surface area (Å²) in [4.78, 5) is 16.7. The molecule has 40 heavy (non-hydrogen) atoms. The van der Waals surface area contributed by atoms with Gasteiger partial charge in [0.2, 0.25) is 10.0 Å². The van der Waals surface area contributed by atoms with Gasteiger partial charge in [0, 0.05) is 24.5 Å². The highest BCUT2D eigenvalue weighted by Gasteiger charge is 2.21. The molecule has 1 heterocycles. The molecule has 1 fully saturated rings. The maximum atomic E-state index is 12.7. The lowest BCUT2D eigenvalue weighted by atomic mass is 9.97. The molecule has 3 N–H and O–H groups in total. The number of hydrogen-bond donors (Lipinski definition) is 3. The van der Waals surface area contributed by atoms with Gasteiger partial charge >= 0.3 is 0 Å². The lowest BCUT2D eigenvalue weighted by Gasteiger charge is -2.24. The Kier molecular flexibility index (Phi) is 13.3. The van der Waals surface area contributed by atoms with Crippen LogP contribution >= 0.6 is 24.8 Å². The van der Waals surface area contributed by atoms with Crippen molar-refractivity contribution in [1.29, 1.82) is 0 Å². The fourth-order valence-corrected chi connectivity index (χ4v) is 5.05. The molecular weight excluding hydrogens is 573 g/mol. The number of sulfonamides is 1. The van der Waals surface area contributed by atoms with Crippen LogP contribution in [0.25, 0.3) is 11.1 Å². The van der Waals surface area contributed by atoms with E-state index in [0.717, 1.165) is 67.2 Å². The van der Waals surface area contributed by atoms with Gasteiger partial charge in [0.25, 0.3) is 5.91 Å². The molecule has 11 heteroatoms. The monoisotopic (exact) mass is 609 g/mol. The van der Waals surface area contributed by atoms with E-state index in [1.165, 1.54) is 6.42 Å². The molecule has 1 aliphatic rings. The van der Waals surface area contributed by atoms with E-state index < -0.39 is 22.0 Å². The first kappa shape index (κ1) is 33.5. The van der Waals surface area contributed by atoms with Gasteiger partial charge in [-0.3, -0.25) is 9.78 Å². The third kappa shape index (κ3) is 10.1. The molecule has 1 saturated carbocycles. The molecule has 1 aromatic heterocycles. The third-order valence-electron chi connectivity index (χ3n) is 6.63. The average Bonchev–Trinajstić information content (AvgIpc) is 2.91. The van der Waals surface area contributed by atoms with Crippen LogP contribution in [0.3, 0.4) is 0 Å². The summed E-state index contributed by atoms with van der Waals surface area (Å²) in [5.41, 5.74) is 4.00. The number of nitrogens with zero attached hydrogens (tertiary/aromatic N) is 1. The van der Waals surface area contributed by atoms with Crippen LogP contribution in [0.1, 0.15) is 59.7 Å². The molecule has 0 unspecified atom stereocenters. The van der Waals surface area contributed by atoms with E-state index in [4.69, 9.17) is 4.74 Å². The Labute approximate surface area is 248 Å². The fourth-order valence-electron chi connectivity index (χ4n) is 4.60. The van der Waals surface area contributed by atoms with Crippen LogP contribution in [0.5, 0.6) is 5.75 Å². The van der Waals surface area contributed by atoms with Crippen LogP contribution in [-0.4, -0.2) is 49.9 Å². The third-order valence-corrected chi connectivity index (χ3v) is 7.19. The highest BCUT2D eigenvalue weighted by Crippen LogP contribution is 2.31. The number of benzene rings is 2. The van der Waals surface area contributed by atoms with E-state index in [1.807, 2.05) is 35.1 Å². The Morgan fingerprint density at radius 2 is 1.75 bits per heavy atom. The molecule has 0 aliphatic heterocycles. The predicted molar refractivity (Wildman–Crippen MR) is 162 cm³/mol. The normalized spacial score (nSPS) is 14.3. The fraction of sp³-hybridized carbons (Fsp3) is 0.379. The summed E-state index contributed by atoms with van der Waals surface area (Å²) < 4.78 is 31.6. The van der Waals surface area contributed by atoms with E-state index in [-0.39, 0.29) is 36.5 Å². The second-order valence-electron chi connectivity index (χ2n) is 9.75. The van der Waals surface area contributed by atoms with Gasteiger partial charge in [-0.25, -0.2) is 13.1 Å². The number of nitrogens with one attached hydrogen (secondary N) is 2. The van der Waals surface area contributed by atoms with Crippen molar-refractivity contribution in [1.82, 2.24) is 15.0 Å². The summed E-state index contributed by atoms with van der Waals surface area (Å²) in [6.07, 6.45) is 9.69. The van der Waals surface area contributed by atoms with Crippen molar-refractivity contribution in [3.8, 4) is 16.9 Å². The van der Waals surface area contributed by atoms with Gasteiger partial charge in [-0.2, -0.15) is 0 Å². The number of halogens is 2. The first-order valence-electron chi connectivity index (χ1n) is 13.0. The van der Waals surface area contributed by atoms with Crippen LogP contribution in [0, 0.1) is 0 Å². The van der Waals surface area contributed by atoms with Gasteiger partial charge < -0.3 is 15.2 Å². The number of ether oxygens (including phenoxy) is 1. The Bertz CT molecular complexity index is 1320. The van der Waals surface area contributed by atoms with Gasteiger partial charge in [-0.05, 0) is 73.5 Å². The van der Waals surface area contributed by atoms with Crippen molar-refractivity contribution in [3.63, 3.8) is 0 Å². The summed E-state index contributed by atoms with van der Waals surface area (Å²) in [6, 6.07) is 17.1. The lowest BCUT2D eigenvalue weighted by molar-refractivity contribution is 0.0969. The highest BCUT2D eigenvalue weighted by atomic mass is 35.5. The van der Waals surface area contributed by atoms with Crippen molar-refractivity contribution < 1.29 is 23.1 Å². The van der Waals surface area contributed by atoms with Crippen molar-refractivity contribution >= 4 is 40.7 Å². The number of rotatable bonds is 11. The highest BCUT2D eigenvalue weighted by molar-refractivity contribution is 7.89. The van der Waals surface area contributed by atoms with Gasteiger partial charge in [0.05, 0.1) is 24.0 Å². The Balaban J connectivity index is 0.00000280. The molecule has 2 aromatic carbocycles. The number of hydrogen-bond acceptors (Lipinski definition) is 7. The quantitative estimate of drug-likeness (QED) is 0.266. The molecule has 0 radical (unpaired) electrons. The first-order chi connectivity index (χ1) is 18.3. The molecule has 0 bridgehead atoms. The maximum absolute atomic E-state index is 12.7. The zero-order chi connectivity index (χ0) is 27.0. The number of aromatic nitrogens is 1. The van der Waals surface area contributed by atoms with Crippen molar-refractivity contribution in [3.05, 3.63) is 83.7 Å². The topological polar surface area (TPSA) is 118 Å². The standard InChI is InChI=1S/C29H35N3O5S.2ClH/c1-38(35,36)32-29(34)26-14-13-23(18-28(26)37-25-7-3-2-4-8-25)22-11-9-21(10-12-22)15-17-31-20-27(33)24-6-5-16-30-19-24;;/h5-6,9-14,16,18-19,25,27,31,33H,2-4,7-8,15,17,20H2,1H3,(H,32,34);2*1H/t27-;;/m0../s1. The molecule has 1 amide bonds. The Morgan fingerprint density at radius 1 is 1.05 bits per heavy atom. The zero-order valence-corrected chi connectivity index (χ0v) is 24.9. The number of carbonyl (C=O) groups excluding carboxylic acids is 1. The van der Waals surface area contributed by atoms with Crippen molar-refractivity contribution in [2.24, 2.45) is 0 Å². The smallest absolute Gasteiger partial charge is 0.268 e. The molecule has 0 saturated heterocycles.